The Balaban J connectivity index is 1.45. The van der Waals surface area contributed by atoms with Crippen LogP contribution >= 0.6 is 0 Å². The molecule has 0 radical (unpaired) electrons. The van der Waals surface area contributed by atoms with Crippen LogP contribution in [0, 0.1) is 0 Å². The minimum atomic E-state index is 0.0247. The van der Waals surface area contributed by atoms with Crippen molar-refractivity contribution in [2.75, 3.05) is 20.1 Å². The molecule has 1 aromatic heterocycles. The number of piperidine rings is 1. The smallest absolute Gasteiger partial charge is 0.230 e. The number of furan rings is 1. The van der Waals surface area contributed by atoms with Crippen LogP contribution < -0.4 is 0 Å². The molecule has 126 valence electrons. The molecule has 1 amide bonds. The molecule has 4 heteroatoms. The van der Waals surface area contributed by atoms with Crippen LogP contribution in [-0.2, 0) is 11.3 Å². The van der Waals surface area contributed by atoms with Crippen molar-refractivity contribution < 1.29 is 9.21 Å². The molecule has 4 rings (SSSR count). The van der Waals surface area contributed by atoms with E-state index < -0.39 is 0 Å². The van der Waals surface area contributed by atoms with Gasteiger partial charge >= 0.3 is 0 Å². The van der Waals surface area contributed by atoms with Gasteiger partial charge in [-0.3, -0.25) is 9.69 Å². The van der Waals surface area contributed by atoms with Crippen LogP contribution in [0.2, 0.25) is 0 Å². The summed E-state index contributed by atoms with van der Waals surface area (Å²) in [6, 6.07) is 12.3. The van der Waals surface area contributed by atoms with Gasteiger partial charge in [0.25, 0.3) is 0 Å². The average Bonchev–Trinajstić information content (AvgIpc) is 3.21. The molecule has 2 aliphatic heterocycles. The standard InChI is InChI=1S/C20H24N2O2/c1-21-19(23)18(17-5-3-2-4-6-17)13-20(21)8-10-22(11-9-20)14-16-7-12-24-15-16/h2-7,12,15,18H,8-11,13-14H2,1H3/t18-/m0/s1. The first-order valence-electron chi connectivity index (χ1n) is 8.74. The monoisotopic (exact) mass is 324 g/mol. The third-order valence-corrected chi connectivity index (χ3v) is 5.90. The molecule has 0 bridgehead atoms. The average molecular weight is 324 g/mol. The van der Waals surface area contributed by atoms with Crippen LogP contribution in [0.15, 0.2) is 53.3 Å². The first kappa shape index (κ1) is 15.5. The van der Waals surface area contributed by atoms with Crippen LogP contribution in [0.25, 0.3) is 0 Å². The fourth-order valence-electron chi connectivity index (χ4n) is 4.33. The number of benzene rings is 1. The van der Waals surface area contributed by atoms with E-state index in [0.717, 1.165) is 44.5 Å². The molecular formula is C20H24N2O2. The van der Waals surface area contributed by atoms with E-state index in [9.17, 15) is 4.79 Å². The minimum Gasteiger partial charge on any atom is -0.472 e. The molecule has 4 nitrogen and oxygen atoms in total. The van der Waals surface area contributed by atoms with Crippen LogP contribution in [0.5, 0.6) is 0 Å². The highest BCUT2D eigenvalue weighted by Crippen LogP contribution is 2.44. The van der Waals surface area contributed by atoms with Gasteiger partial charge in [0.2, 0.25) is 5.91 Å². The summed E-state index contributed by atoms with van der Waals surface area (Å²) in [6.45, 7) is 3.00. The van der Waals surface area contributed by atoms with Crippen molar-refractivity contribution in [2.24, 2.45) is 0 Å². The van der Waals surface area contributed by atoms with Crippen LogP contribution in [0.3, 0.4) is 0 Å². The van der Waals surface area contributed by atoms with Gasteiger partial charge in [-0.25, -0.2) is 0 Å². The lowest BCUT2D eigenvalue weighted by molar-refractivity contribution is -0.131. The van der Waals surface area contributed by atoms with Crippen molar-refractivity contribution >= 4 is 5.91 Å². The molecule has 1 spiro atoms. The van der Waals surface area contributed by atoms with Crippen LogP contribution in [-0.4, -0.2) is 41.4 Å². The Kier molecular flexibility index (Phi) is 3.93. The predicted octanol–water partition coefficient (Wildman–Crippen LogP) is 3.26. The Bertz CT molecular complexity index is 688. The van der Waals surface area contributed by atoms with E-state index in [1.54, 1.807) is 6.26 Å². The number of likely N-dealkylation sites (N-methyl/N-ethyl adjacent to an activating group) is 1. The quantitative estimate of drug-likeness (QED) is 0.869. The van der Waals surface area contributed by atoms with Gasteiger partial charge in [-0.1, -0.05) is 30.3 Å². The molecule has 2 aliphatic rings. The molecule has 3 heterocycles. The SMILES string of the molecule is CN1C(=O)[C@H](c2ccccc2)CC12CCN(Cc1ccoc1)CC2. The third kappa shape index (κ3) is 2.65. The van der Waals surface area contributed by atoms with Crippen molar-refractivity contribution in [1.29, 1.82) is 0 Å². The highest BCUT2D eigenvalue weighted by atomic mass is 16.3. The van der Waals surface area contributed by atoms with Crippen molar-refractivity contribution in [1.82, 2.24) is 9.80 Å². The molecule has 1 atom stereocenters. The number of likely N-dealkylation sites (tertiary alicyclic amines) is 2. The van der Waals surface area contributed by atoms with Gasteiger partial charge in [0.1, 0.15) is 0 Å². The van der Waals surface area contributed by atoms with Gasteiger partial charge in [0.15, 0.2) is 0 Å². The normalized spacial score (nSPS) is 24.0. The zero-order chi connectivity index (χ0) is 16.6. The molecule has 0 aliphatic carbocycles. The lowest BCUT2D eigenvalue weighted by Gasteiger charge is -2.43. The lowest BCUT2D eigenvalue weighted by Crippen LogP contribution is -2.51. The second kappa shape index (κ2) is 6.10. The second-order valence-corrected chi connectivity index (χ2v) is 7.20. The fourth-order valence-corrected chi connectivity index (χ4v) is 4.33. The molecule has 1 aromatic carbocycles. The maximum atomic E-state index is 12.8. The molecule has 0 N–H and O–H groups in total. The number of rotatable bonds is 3. The predicted molar refractivity (Wildman–Crippen MR) is 92.5 cm³/mol. The lowest BCUT2D eigenvalue weighted by atomic mass is 9.81. The highest BCUT2D eigenvalue weighted by molar-refractivity contribution is 5.87. The van der Waals surface area contributed by atoms with Crippen LogP contribution in [0.1, 0.15) is 36.3 Å². The maximum absolute atomic E-state index is 12.8. The number of nitrogens with zero attached hydrogens (tertiary/aromatic N) is 2. The molecule has 0 unspecified atom stereocenters. The largest absolute Gasteiger partial charge is 0.472 e. The molecule has 0 saturated carbocycles. The van der Waals surface area contributed by atoms with E-state index in [1.807, 2.05) is 42.5 Å². The summed E-state index contributed by atoms with van der Waals surface area (Å²) in [6.07, 6.45) is 6.61. The van der Waals surface area contributed by atoms with E-state index in [1.165, 1.54) is 5.56 Å². The number of carbonyl (C=O) groups is 1. The van der Waals surface area contributed by atoms with Gasteiger partial charge in [-0.2, -0.15) is 0 Å². The summed E-state index contributed by atoms with van der Waals surface area (Å²) in [5, 5.41) is 0. The van der Waals surface area contributed by atoms with Crippen LogP contribution in [0.4, 0.5) is 0 Å². The van der Waals surface area contributed by atoms with Crippen molar-refractivity contribution in [2.45, 2.75) is 37.3 Å². The topological polar surface area (TPSA) is 36.7 Å². The third-order valence-electron chi connectivity index (χ3n) is 5.90. The number of amides is 1. The Hall–Kier alpha value is -2.07. The first-order chi connectivity index (χ1) is 11.7. The van der Waals surface area contributed by atoms with Gasteiger partial charge in [0, 0.05) is 37.8 Å². The molecule has 2 fully saturated rings. The zero-order valence-corrected chi connectivity index (χ0v) is 14.1. The Morgan fingerprint density at radius 3 is 2.58 bits per heavy atom. The van der Waals surface area contributed by atoms with Gasteiger partial charge in [-0.05, 0) is 30.9 Å². The van der Waals surface area contributed by atoms with E-state index in [0.29, 0.717) is 0 Å². The highest BCUT2D eigenvalue weighted by Gasteiger charge is 2.50. The summed E-state index contributed by atoms with van der Waals surface area (Å²) in [5.41, 5.74) is 2.42. The summed E-state index contributed by atoms with van der Waals surface area (Å²) in [4.78, 5) is 17.3. The van der Waals surface area contributed by atoms with E-state index >= 15 is 0 Å². The number of hydrogen-bond donors (Lipinski definition) is 0. The summed E-state index contributed by atoms with van der Waals surface area (Å²) >= 11 is 0. The summed E-state index contributed by atoms with van der Waals surface area (Å²) in [5.74, 6) is 0.307. The van der Waals surface area contributed by atoms with Gasteiger partial charge in [0.05, 0.1) is 18.4 Å². The van der Waals surface area contributed by atoms with E-state index in [2.05, 4.69) is 17.0 Å². The number of hydrogen-bond acceptors (Lipinski definition) is 3. The van der Waals surface area contributed by atoms with E-state index in [4.69, 9.17) is 4.42 Å². The van der Waals surface area contributed by atoms with Crippen molar-refractivity contribution in [3.05, 3.63) is 60.1 Å². The molecular weight excluding hydrogens is 300 g/mol. The van der Waals surface area contributed by atoms with E-state index in [-0.39, 0.29) is 17.4 Å². The fraction of sp³-hybridized carbons (Fsp3) is 0.450. The molecule has 2 aromatic rings. The summed E-state index contributed by atoms with van der Waals surface area (Å²) in [7, 11) is 2.00. The maximum Gasteiger partial charge on any atom is 0.230 e. The van der Waals surface area contributed by atoms with Gasteiger partial charge < -0.3 is 9.32 Å². The van der Waals surface area contributed by atoms with Crippen molar-refractivity contribution in [3.8, 4) is 0 Å². The minimum absolute atomic E-state index is 0.0247. The van der Waals surface area contributed by atoms with Crippen molar-refractivity contribution in [3.63, 3.8) is 0 Å². The van der Waals surface area contributed by atoms with Gasteiger partial charge in [-0.15, -0.1) is 0 Å². The summed E-state index contributed by atoms with van der Waals surface area (Å²) < 4.78 is 5.16. The second-order valence-electron chi connectivity index (χ2n) is 7.20. The molecule has 2 saturated heterocycles. The Morgan fingerprint density at radius 1 is 1.17 bits per heavy atom. The molecule has 24 heavy (non-hydrogen) atoms. The zero-order valence-electron chi connectivity index (χ0n) is 14.1. The number of carbonyl (C=O) groups excluding carboxylic acids is 1. The Morgan fingerprint density at radius 2 is 1.92 bits per heavy atom. The Labute approximate surface area is 143 Å². The first-order valence-corrected chi connectivity index (χ1v) is 8.74.